The molecule has 4 atom stereocenters. The minimum atomic E-state index is -1.33. The molecule has 0 spiro atoms. The summed E-state index contributed by atoms with van der Waals surface area (Å²) in [6.45, 7) is 3.95. The van der Waals surface area contributed by atoms with E-state index in [0.29, 0.717) is 37.8 Å². The van der Waals surface area contributed by atoms with Crippen LogP contribution in [0.3, 0.4) is 0 Å². The number of hydrogen-bond donors (Lipinski definition) is 3. The first-order chi connectivity index (χ1) is 23.2. The van der Waals surface area contributed by atoms with Crippen LogP contribution < -0.4 is 16.0 Å². The van der Waals surface area contributed by atoms with Crippen molar-refractivity contribution in [2.24, 2.45) is 0 Å². The predicted octanol–water partition coefficient (Wildman–Crippen LogP) is 4.18. The summed E-state index contributed by atoms with van der Waals surface area (Å²) in [5.74, 6) is -2.09. The van der Waals surface area contributed by atoms with E-state index in [0.717, 1.165) is 16.7 Å². The molecular weight excluding hydrogens is 608 g/mol. The van der Waals surface area contributed by atoms with E-state index in [1.54, 1.807) is 43.0 Å². The van der Waals surface area contributed by atoms with Gasteiger partial charge in [0.15, 0.2) is 0 Å². The molecule has 5 rings (SSSR count). The summed E-state index contributed by atoms with van der Waals surface area (Å²) in [5.41, 5.74) is 2.10. The fourth-order valence-electron chi connectivity index (χ4n) is 6.19. The van der Waals surface area contributed by atoms with Crippen LogP contribution in [-0.2, 0) is 30.3 Å². The smallest absolute Gasteiger partial charge is 0.338 e. The molecular formula is C38H44N4O6. The SMILES string of the molecule is CC[C@]1(C)NC(=O)[C@H](CCCCOC(=O)c2ccccc2)NC(=O)[C@H]2CCCN2C(=O)[C@H](Cc2ccc(-c3ccccc3)cc2)NC1=O. The summed E-state index contributed by atoms with van der Waals surface area (Å²) in [4.78, 5) is 69.0. The van der Waals surface area contributed by atoms with Crippen molar-refractivity contribution in [2.45, 2.75) is 82.5 Å². The number of rotatable bonds is 10. The van der Waals surface area contributed by atoms with Gasteiger partial charge in [-0.2, -0.15) is 0 Å². The maximum Gasteiger partial charge on any atom is 0.338 e. The Morgan fingerprint density at radius 1 is 0.833 bits per heavy atom. The van der Waals surface area contributed by atoms with Crippen LogP contribution in [0.2, 0.25) is 0 Å². The van der Waals surface area contributed by atoms with Gasteiger partial charge in [0.1, 0.15) is 23.7 Å². The number of nitrogens with zero attached hydrogens (tertiary/aromatic N) is 1. The zero-order valence-electron chi connectivity index (χ0n) is 27.6. The zero-order valence-corrected chi connectivity index (χ0v) is 27.6. The highest BCUT2D eigenvalue weighted by atomic mass is 16.5. The molecule has 3 aromatic carbocycles. The van der Waals surface area contributed by atoms with Gasteiger partial charge in [-0.25, -0.2) is 4.79 Å². The van der Waals surface area contributed by atoms with Crippen molar-refractivity contribution in [3.8, 4) is 11.1 Å². The molecule has 0 bridgehead atoms. The molecule has 3 N–H and O–H groups in total. The highest BCUT2D eigenvalue weighted by Gasteiger charge is 2.43. The molecule has 2 fully saturated rings. The average Bonchev–Trinajstić information content (AvgIpc) is 3.61. The lowest BCUT2D eigenvalue weighted by molar-refractivity contribution is -0.144. The van der Waals surface area contributed by atoms with Gasteiger partial charge in [-0.15, -0.1) is 0 Å². The summed E-state index contributed by atoms with van der Waals surface area (Å²) in [6.07, 6.45) is 2.81. The quantitative estimate of drug-likeness (QED) is 0.222. The largest absolute Gasteiger partial charge is 0.462 e. The number of carbonyl (C=O) groups is 5. The number of nitrogens with one attached hydrogen (secondary N) is 3. The van der Waals surface area contributed by atoms with E-state index in [2.05, 4.69) is 16.0 Å². The Labute approximate surface area is 281 Å². The Balaban J connectivity index is 1.29. The third kappa shape index (κ3) is 8.29. The molecule has 10 heteroatoms. The fraction of sp³-hybridized carbons (Fsp3) is 0.395. The van der Waals surface area contributed by atoms with Crippen molar-refractivity contribution in [3.05, 3.63) is 96.1 Å². The van der Waals surface area contributed by atoms with E-state index < -0.39 is 47.4 Å². The fourth-order valence-corrected chi connectivity index (χ4v) is 6.19. The Bertz CT molecular complexity index is 1600. The second-order valence-electron chi connectivity index (χ2n) is 12.7. The molecule has 2 saturated heterocycles. The normalized spacial score (nSPS) is 23.2. The molecule has 0 radical (unpaired) electrons. The molecule has 0 unspecified atom stereocenters. The van der Waals surface area contributed by atoms with E-state index in [9.17, 15) is 24.0 Å². The zero-order chi connectivity index (χ0) is 34.1. The Morgan fingerprint density at radius 3 is 2.19 bits per heavy atom. The topological polar surface area (TPSA) is 134 Å². The van der Waals surface area contributed by atoms with Gasteiger partial charge in [0, 0.05) is 13.0 Å². The summed E-state index contributed by atoms with van der Waals surface area (Å²) in [5, 5.41) is 8.69. The molecule has 0 aromatic heterocycles. The third-order valence-electron chi connectivity index (χ3n) is 9.31. The monoisotopic (exact) mass is 652 g/mol. The summed E-state index contributed by atoms with van der Waals surface area (Å²) in [7, 11) is 0. The van der Waals surface area contributed by atoms with E-state index in [1.165, 1.54) is 0 Å². The average molecular weight is 653 g/mol. The second-order valence-corrected chi connectivity index (χ2v) is 12.7. The lowest BCUT2D eigenvalue weighted by Crippen LogP contribution is -2.65. The number of carbonyl (C=O) groups excluding carboxylic acids is 5. The molecule has 3 aromatic rings. The molecule has 2 aliphatic heterocycles. The minimum absolute atomic E-state index is 0.159. The van der Waals surface area contributed by atoms with Crippen LogP contribution >= 0.6 is 0 Å². The molecule has 2 heterocycles. The van der Waals surface area contributed by atoms with E-state index in [4.69, 9.17) is 4.74 Å². The Morgan fingerprint density at radius 2 is 1.50 bits per heavy atom. The number of ether oxygens (including phenoxy) is 1. The summed E-state index contributed by atoms with van der Waals surface area (Å²) >= 11 is 0. The minimum Gasteiger partial charge on any atom is -0.462 e. The van der Waals surface area contributed by atoms with Crippen molar-refractivity contribution in [1.29, 1.82) is 0 Å². The lowest BCUT2D eigenvalue weighted by atomic mass is 9.94. The van der Waals surface area contributed by atoms with Gasteiger partial charge >= 0.3 is 5.97 Å². The van der Waals surface area contributed by atoms with Gasteiger partial charge in [0.05, 0.1) is 12.2 Å². The van der Waals surface area contributed by atoms with Crippen LogP contribution in [0.4, 0.5) is 0 Å². The van der Waals surface area contributed by atoms with Gasteiger partial charge in [-0.3, -0.25) is 19.2 Å². The number of amides is 4. The number of esters is 1. The predicted molar refractivity (Wildman–Crippen MR) is 182 cm³/mol. The molecule has 0 saturated carbocycles. The molecule has 4 amide bonds. The van der Waals surface area contributed by atoms with Crippen molar-refractivity contribution in [3.63, 3.8) is 0 Å². The maximum atomic E-state index is 14.1. The van der Waals surface area contributed by atoms with Crippen molar-refractivity contribution in [2.75, 3.05) is 13.2 Å². The number of fused-ring (bicyclic) bond motifs is 1. The molecule has 0 aliphatic carbocycles. The third-order valence-corrected chi connectivity index (χ3v) is 9.31. The molecule has 2 aliphatic rings. The van der Waals surface area contributed by atoms with Crippen LogP contribution in [0.15, 0.2) is 84.9 Å². The van der Waals surface area contributed by atoms with Crippen molar-refractivity contribution < 1.29 is 28.7 Å². The first kappa shape index (κ1) is 34.3. The summed E-state index contributed by atoms with van der Waals surface area (Å²) < 4.78 is 5.36. The van der Waals surface area contributed by atoms with Crippen LogP contribution in [-0.4, -0.2) is 71.3 Å². The van der Waals surface area contributed by atoms with Crippen molar-refractivity contribution in [1.82, 2.24) is 20.9 Å². The van der Waals surface area contributed by atoms with Gasteiger partial charge in [-0.1, -0.05) is 79.7 Å². The second kappa shape index (κ2) is 15.7. The highest BCUT2D eigenvalue weighted by molar-refractivity contribution is 5.99. The van der Waals surface area contributed by atoms with Crippen molar-refractivity contribution >= 4 is 29.6 Å². The Hall–Kier alpha value is -4.99. The lowest BCUT2D eigenvalue weighted by Gasteiger charge is -2.36. The first-order valence-corrected chi connectivity index (χ1v) is 16.8. The van der Waals surface area contributed by atoms with E-state index >= 15 is 0 Å². The molecule has 10 nitrogen and oxygen atoms in total. The van der Waals surface area contributed by atoms with Crippen LogP contribution in [0.25, 0.3) is 11.1 Å². The standard InChI is InChI=1S/C38H44N4O6/c1-3-38(2)37(47)40-31(25-26-19-21-28(22-20-26)27-13-6-4-7-14-27)35(45)42-23-12-18-32(42)34(44)39-30(33(43)41-38)17-10-11-24-48-36(46)29-15-8-5-9-16-29/h4-9,13-16,19-22,30-32H,3,10-12,17-18,23-25H2,1-2H3,(H,39,44)(H,40,47)(H,41,43)/t30-,31-,32+,38-/m0/s1. The number of unbranched alkanes of at least 4 members (excludes halogenated alkanes) is 1. The van der Waals surface area contributed by atoms with Gasteiger partial charge in [0.25, 0.3) is 0 Å². The first-order valence-electron chi connectivity index (χ1n) is 16.8. The van der Waals surface area contributed by atoms with E-state index in [1.807, 2.05) is 60.7 Å². The molecule has 252 valence electrons. The maximum absolute atomic E-state index is 14.1. The number of benzene rings is 3. The van der Waals surface area contributed by atoms with Gasteiger partial charge < -0.3 is 25.6 Å². The van der Waals surface area contributed by atoms with Crippen LogP contribution in [0.5, 0.6) is 0 Å². The van der Waals surface area contributed by atoms with Gasteiger partial charge in [0.2, 0.25) is 23.6 Å². The highest BCUT2D eigenvalue weighted by Crippen LogP contribution is 2.24. The van der Waals surface area contributed by atoms with E-state index in [-0.39, 0.29) is 31.8 Å². The number of hydrogen-bond acceptors (Lipinski definition) is 6. The van der Waals surface area contributed by atoms with Gasteiger partial charge in [-0.05, 0) is 74.3 Å². The van der Waals surface area contributed by atoms with Crippen LogP contribution in [0, 0.1) is 0 Å². The van der Waals surface area contributed by atoms with Crippen LogP contribution in [0.1, 0.15) is 68.3 Å². The molecule has 48 heavy (non-hydrogen) atoms. The Kier molecular flexibility index (Phi) is 11.3. The summed E-state index contributed by atoms with van der Waals surface area (Å²) in [6, 6.07) is 23.9.